The van der Waals surface area contributed by atoms with Gasteiger partial charge in [0.25, 0.3) is 0 Å². The molecule has 7 heteroatoms. The number of carboxylic acids is 1. The molecule has 18 heavy (non-hydrogen) atoms. The smallest absolute Gasteiger partial charge is 0.326 e. The van der Waals surface area contributed by atoms with Gasteiger partial charge in [0.2, 0.25) is 5.91 Å². The molecule has 0 aromatic carbocycles. The Kier molecular flexibility index (Phi) is 3.59. The second-order valence-corrected chi connectivity index (χ2v) is 4.45. The van der Waals surface area contributed by atoms with Crippen molar-refractivity contribution in [1.82, 2.24) is 19.7 Å². The molecule has 1 N–H and O–H groups in total. The summed E-state index contributed by atoms with van der Waals surface area (Å²) in [5.41, 5.74) is 0. The van der Waals surface area contributed by atoms with E-state index in [0.29, 0.717) is 6.54 Å². The summed E-state index contributed by atoms with van der Waals surface area (Å²) >= 11 is 0. The highest BCUT2D eigenvalue weighted by molar-refractivity contribution is 5.83. The molecule has 98 valence electrons. The van der Waals surface area contributed by atoms with Gasteiger partial charge in [-0.25, -0.2) is 9.78 Å². The van der Waals surface area contributed by atoms with Gasteiger partial charge in [-0.1, -0.05) is 0 Å². The lowest BCUT2D eigenvalue weighted by Crippen LogP contribution is -2.45. The number of aryl methyl sites for hydroxylation is 1. The maximum Gasteiger partial charge on any atom is 0.326 e. The number of aliphatic carboxylic acids is 1. The van der Waals surface area contributed by atoms with Crippen LogP contribution in [-0.2, 0) is 16.1 Å². The maximum atomic E-state index is 12.1. The Labute approximate surface area is 104 Å². The molecule has 1 aromatic heterocycles. The van der Waals surface area contributed by atoms with Crippen LogP contribution in [0.1, 0.15) is 26.2 Å². The van der Waals surface area contributed by atoms with Gasteiger partial charge in [0, 0.05) is 12.5 Å². The fourth-order valence-electron chi connectivity index (χ4n) is 1.90. The molecule has 1 amide bonds. The predicted octanol–water partition coefficient (Wildman–Crippen LogP) is 0.132. The lowest BCUT2D eigenvalue weighted by molar-refractivity contribution is -0.150. The summed E-state index contributed by atoms with van der Waals surface area (Å²) in [5, 5.41) is 12.9. The SMILES string of the molecule is CC(C(=O)O)N(C(=O)CCn1cncn1)C1CC1. The average molecular weight is 252 g/mol. The summed E-state index contributed by atoms with van der Waals surface area (Å²) in [5.74, 6) is -1.10. The first-order valence-corrected chi connectivity index (χ1v) is 5.96. The molecule has 0 radical (unpaired) electrons. The van der Waals surface area contributed by atoms with Crippen molar-refractivity contribution in [2.45, 2.75) is 44.8 Å². The Morgan fingerprint density at radius 1 is 1.56 bits per heavy atom. The monoisotopic (exact) mass is 252 g/mol. The number of carbonyl (C=O) groups excluding carboxylic acids is 1. The van der Waals surface area contributed by atoms with Gasteiger partial charge in [-0.3, -0.25) is 9.48 Å². The summed E-state index contributed by atoms with van der Waals surface area (Å²) in [7, 11) is 0. The first-order valence-electron chi connectivity index (χ1n) is 5.96. The third-order valence-corrected chi connectivity index (χ3v) is 3.02. The van der Waals surface area contributed by atoms with Gasteiger partial charge in [0.1, 0.15) is 18.7 Å². The van der Waals surface area contributed by atoms with E-state index in [-0.39, 0.29) is 18.4 Å². The van der Waals surface area contributed by atoms with Gasteiger partial charge < -0.3 is 10.0 Å². The summed E-state index contributed by atoms with van der Waals surface area (Å²) in [6, 6.07) is -0.667. The quantitative estimate of drug-likeness (QED) is 0.777. The molecule has 0 bridgehead atoms. The molecule has 7 nitrogen and oxygen atoms in total. The molecular formula is C11H16N4O3. The maximum absolute atomic E-state index is 12.1. The van der Waals surface area contributed by atoms with Crippen molar-refractivity contribution in [2.24, 2.45) is 0 Å². The highest BCUT2D eigenvalue weighted by Crippen LogP contribution is 2.29. The molecule has 1 atom stereocenters. The van der Waals surface area contributed by atoms with Gasteiger partial charge in [-0.15, -0.1) is 0 Å². The summed E-state index contributed by atoms with van der Waals surface area (Å²) in [4.78, 5) is 28.3. The van der Waals surface area contributed by atoms with Crippen molar-refractivity contribution in [3.8, 4) is 0 Å². The normalized spacial score (nSPS) is 16.3. The number of rotatable bonds is 6. The van der Waals surface area contributed by atoms with Crippen molar-refractivity contribution < 1.29 is 14.7 Å². The zero-order chi connectivity index (χ0) is 13.1. The molecule has 1 fully saturated rings. The van der Waals surface area contributed by atoms with Crippen LogP contribution in [0.2, 0.25) is 0 Å². The van der Waals surface area contributed by atoms with Gasteiger partial charge in [-0.2, -0.15) is 5.10 Å². The number of carboxylic acid groups (broad SMARTS) is 1. The van der Waals surface area contributed by atoms with Gasteiger partial charge in [0.05, 0.1) is 6.54 Å². The number of hydrogen-bond donors (Lipinski definition) is 1. The molecule has 1 unspecified atom stereocenters. The largest absolute Gasteiger partial charge is 0.480 e. The first kappa shape index (κ1) is 12.5. The van der Waals surface area contributed by atoms with Crippen LogP contribution in [0.3, 0.4) is 0 Å². The molecule has 0 aliphatic heterocycles. The first-order chi connectivity index (χ1) is 8.59. The van der Waals surface area contributed by atoms with E-state index in [1.165, 1.54) is 17.6 Å². The van der Waals surface area contributed by atoms with E-state index in [2.05, 4.69) is 10.1 Å². The number of nitrogens with zero attached hydrogens (tertiary/aromatic N) is 4. The van der Waals surface area contributed by atoms with E-state index in [1.54, 1.807) is 11.6 Å². The Hall–Kier alpha value is -1.92. The zero-order valence-electron chi connectivity index (χ0n) is 10.2. The zero-order valence-corrected chi connectivity index (χ0v) is 10.2. The molecule has 2 rings (SSSR count). The standard InChI is InChI=1S/C11H16N4O3/c1-8(11(17)18)15(9-2-3-9)10(16)4-5-14-7-12-6-13-14/h6-9H,2-5H2,1H3,(H,17,18). The van der Waals surface area contributed by atoms with Gasteiger partial charge >= 0.3 is 5.97 Å². The van der Waals surface area contributed by atoms with Crippen molar-refractivity contribution in [3.05, 3.63) is 12.7 Å². The summed E-state index contributed by atoms with van der Waals surface area (Å²) in [6.45, 7) is 1.97. The van der Waals surface area contributed by atoms with E-state index in [9.17, 15) is 9.59 Å². The van der Waals surface area contributed by atoms with Crippen LogP contribution in [0.5, 0.6) is 0 Å². The molecule has 1 aliphatic carbocycles. The molecule has 1 saturated carbocycles. The molecular weight excluding hydrogens is 236 g/mol. The van der Waals surface area contributed by atoms with Crippen molar-refractivity contribution in [2.75, 3.05) is 0 Å². The fourth-order valence-corrected chi connectivity index (χ4v) is 1.90. The average Bonchev–Trinajstić information content (AvgIpc) is 3.02. The second-order valence-electron chi connectivity index (χ2n) is 4.45. The second kappa shape index (κ2) is 5.16. The van der Waals surface area contributed by atoms with E-state index in [1.807, 2.05) is 0 Å². The minimum Gasteiger partial charge on any atom is -0.480 e. The lowest BCUT2D eigenvalue weighted by Gasteiger charge is -2.26. The Morgan fingerprint density at radius 2 is 2.28 bits per heavy atom. The number of aromatic nitrogens is 3. The predicted molar refractivity (Wildman–Crippen MR) is 61.6 cm³/mol. The number of amides is 1. The van der Waals surface area contributed by atoms with Crippen LogP contribution >= 0.6 is 0 Å². The van der Waals surface area contributed by atoms with Crippen LogP contribution in [0.25, 0.3) is 0 Å². The Balaban J connectivity index is 1.93. The topological polar surface area (TPSA) is 88.3 Å². The summed E-state index contributed by atoms with van der Waals surface area (Å²) in [6.07, 6.45) is 4.98. The Morgan fingerprint density at radius 3 is 2.78 bits per heavy atom. The van der Waals surface area contributed by atoms with E-state index >= 15 is 0 Å². The van der Waals surface area contributed by atoms with Crippen LogP contribution < -0.4 is 0 Å². The van der Waals surface area contributed by atoms with E-state index in [4.69, 9.17) is 5.11 Å². The number of carbonyl (C=O) groups is 2. The molecule has 0 spiro atoms. The van der Waals surface area contributed by atoms with Crippen LogP contribution in [0.15, 0.2) is 12.7 Å². The van der Waals surface area contributed by atoms with Crippen molar-refractivity contribution in [1.29, 1.82) is 0 Å². The van der Waals surface area contributed by atoms with Crippen LogP contribution in [0.4, 0.5) is 0 Å². The number of hydrogen-bond acceptors (Lipinski definition) is 4. The lowest BCUT2D eigenvalue weighted by atomic mass is 10.2. The van der Waals surface area contributed by atoms with Crippen molar-refractivity contribution >= 4 is 11.9 Å². The molecule has 1 heterocycles. The fraction of sp³-hybridized carbons (Fsp3) is 0.636. The third-order valence-electron chi connectivity index (χ3n) is 3.02. The van der Waals surface area contributed by atoms with Crippen LogP contribution in [0, 0.1) is 0 Å². The molecule has 0 saturated heterocycles. The van der Waals surface area contributed by atoms with Gasteiger partial charge in [-0.05, 0) is 19.8 Å². The minimum absolute atomic E-state index is 0.0966. The summed E-state index contributed by atoms with van der Waals surface area (Å²) < 4.78 is 1.56. The molecule has 1 aliphatic rings. The molecule has 1 aromatic rings. The van der Waals surface area contributed by atoms with E-state index < -0.39 is 12.0 Å². The third kappa shape index (κ3) is 2.85. The highest BCUT2D eigenvalue weighted by atomic mass is 16.4. The van der Waals surface area contributed by atoms with Gasteiger partial charge in [0.15, 0.2) is 0 Å². The highest BCUT2D eigenvalue weighted by Gasteiger charge is 2.37. The Bertz CT molecular complexity index is 428. The van der Waals surface area contributed by atoms with E-state index in [0.717, 1.165) is 12.8 Å². The van der Waals surface area contributed by atoms with Crippen molar-refractivity contribution in [3.63, 3.8) is 0 Å². The minimum atomic E-state index is -0.962. The van der Waals surface area contributed by atoms with Crippen LogP contribution in [-0.4, -0.2) is 48.7 Å².